The van der Waals surface area contributed by atoms with Crippen molar-refractivity contribution in [2.45, 2.75) is 53.9 Å². The molecule has 0 heterocycles. The van der Waals surface area contributed by atoms with Crippen molar-refractivity contribution < 1.29 is 34.1 Å². The molecule has 1 aromatic rings. The molecular weight excluding hydrogens is 402 g/mol. The molecule has 0 aliphatic carbocycles. The molecule has 2 unspecified atom stereocenters. The van der Waals surface area contributed by atoms with Gasteiger partial charge in [0.1, 0.15) is 12.4 Å². The van der Waals surface area contributed by atoms with E-state index >= 15 is 0 Å². The third-order valence-electron chi connectivity index (χ3n) is 5.63. The van der Waals surface area contributed by atoms with Crippen molar-refractivity contribution in [1.29, 1.82) is 0 Å². The zero-order valence-electron chi connectivity index (χ0n) is 19.3. The molecule has 8 heteroatoms. The number of benzene rings is 1. The topological polar surface area (TPSA) is 122 Å². The third-order valence-corrected chi connectivity index (χ3v) is 5.63. The number of amides is 1. The Morgan fingerprint density at radius 1 is 0.968 bits per heavy atom. The Balaban J connectivity index is 3.19. The van der Waals surface area contributed by atoms with E-state index in [9.17, 15) is 19.5 Å². The first kappa shape index (κ1) is 26.4. The third kappa shape index (κ3) is 6.95. The summed E-state index contributed by atoms with van der Waals surface area (Å²) in [5, 5.41) is 21.3. The van der Waals surface area contributed by atoms with Gasteiger partial charge in [-0.2, -0.15) is 0 Å². The van der Waals surface area contributed by atoms with Crippen LogP contribution in [0.3, 0.4) is 0 Å². The van der Waals surface area contributed by atoms with Crippen molar-refractivity contribution >= 4 is 23.5 Å². The van der Waals surface area contributed by atoms with E-state index in [0.29, 0.717) is 12.1 Å². The van der Waals surface area contributed by atoms with Crippen molar-refractivity contribution in [2.24, 2.45) is 16.2 Å². The van der Waals surface area contributed by atoms with Crippen LogP contribution < -0.4 is 5.32 Å². The fourth-order valence-corrected chi connectivity index (χ4v) is 3.87. The molecule has 8 nitrogen and oxygen atoms in total. The van der Waals surface area contributed by atoms with Gasteiger partial charge in [-0.25, -0.2) is 0 Å². The molecule has 1 rings (SSSR count). The lowest BCUT2D eigenvalue weighted by Crippen LogP contribution is -2.45. The van der Waals surface area contributed by atoms with Crippen molar-refractivity contribution in [3.8, 4) is 5.75 Å². The average molecular weight is 438 g/mol. The molecule has 3 N–H and O–H groups in total. The standard InChI is InChI=1S/C23H35NO7/c1-7-22(4,19(28)30-6)15-23(5,20(29)31-13-12-25)14-21(2,3)18(27)24-16-8-10-17(26)11-9-16/h8-11,25-26H,7,12-15H2,1-6H3,(H,24,27). The Kier molecular flexibility index (Phi) is 9.05. The second-order valence-electron chi connectivity index (χ2n) is 9.06. The van der Waals surface area contributed by atoms with Crippen LogP contribution in [0.5, 0.6) is 5.75 Å². The summed E-state index contributed by atoms with van der Waals surface area (Å²) in [6.45, 7) is 8.14. The number of anilines is 1. The first-order chi connectivity index (χ1) is 14.3. The Hall–Kier alpha value is -2.61. The second kappa shape index (κ2) is 10.6. The van der Waals surface area contributed by atoms with Gasteiger partial charge >= 0.3 is 11.9 Å². The lowest BCUT2D eigenvalue weighted by atomic mass is 9.65. The van der Waals surface area contributed by atoms with E-state index in [-0.39, 0.29) is 37.7 Å². The summed E-state index contributed by atoms with van der Waals surface area (Å²) in [4.78, 5) is 38.4. The number of nitrogens with one attached hydrogen (secondary N) is 1. The number of aromatic hydroxyl groups is 1. The number of phenolic OH excluding ortho intramolecular Hbond substituents is 1. The van der Waals surface area contributed by atoms with Gasteiger partial charge in [0.25, 0.3) is 0 Å². The molecule has 31 heavy (non-hydrogen) atoms. The second-order valence-corrected chi connectivity index (χ2v) is 9.06. The lowest BCUT2D eigenvalue weighted by Gasteiger charge is -2.39. The van der Waals surface area contributed by atoms with Crippen molar-refractivity contribution in [3.63, 3.8) is 0 Å². The van der Waals surface area contributed by atoms with Gasteiger partial charge in [-0.05, 0) is 57.4 Å². The molecule has 0 aliphatic rings. The Morgan fingerprint density at radius 2 is 1.55 bits per heavy atom. The van der Waals surface area contributed by atoms with Crippen LogP contribution in [0.2, 0.25) is 0 Å². The van der Waals surface area contributed by atoms with Crippen LogP contribution in [0.25, 0.3) is 0 Å². The van der Waals surface area contributed by atoms with Gasteiger partial charge < -0.3 is 25.0 Å². The number of hydrogen-bond acceptors (Lipinski definition) is 7. The van der Waals surface area contributed by atoms with Crippen LogP contribution in [-0.4, -0.2) is 48.4 Å². The molecule has 0 radical (unpaired) electrons. The van der Waals surface area contributed by atoms with E-state index in [2.05, 4.69) is 5.32 Å². The van der Waals surface area contributed by atoms with Gasteiger partial charge in [0.2, 0.25) is 5.91 Å². The van der Waals surface area contributed by atoms with E-state index in [1.165, 1.54) is 19.2 Å². The molecule has 0 spiro atoms. The summed E-state index contributed by atoms with van der Waals surface area (Å²) in [6.07, 6.45) is 0.646. The van der Waals surface area contributed by atoms with Crippen LogP contribution in [-0.2, 0) is 23.9 Å². The van der Waals surface area contributed by atoms with E-state index in [0.717, 1.165) is 0 Å². The molecule has 0 saturated heterocycles. The van der Waals surface area contributed by atoms with Gasteiger partial charge in [0.05, 0.1) is 24.5 Å². The molecule has 0 saturated carbocycles. The zero-order chi connectivity index (χ0) is 23.9. The Bertz CT molecular complexity index is 775. The van der Waals surface area contributed by atoms with Gasteiger partial charge in [0.15, 0.2) is 0 Å². The lowest BCUT2D eigenvalue weighted by molar-refractivity contribution is -0.165. The van der Waals surface area contributed by atoms with Gasteiger partial charge in [-0.15, -0.1) is 0 Å². The summed E-state index contributed by atoms with van der Waals surface area (Å²) in [5.41, 5.74) is -2.64. The fourth-order valence-electron chi connectivity index (χ4n) is 3.87. The van der Waals surface area contributed by atoms with E-state index in [1.807, 2.05) is 6.92 Å². The number of hydrogen-bond donors (Lipinski definition) is 3. The fraction of sp³-hybridized carbons (Fsp3) is 0.609. The first-order valence-corrected chi connectivity index (χ1v) is 10.3. The highest BCUT2D eigenvalue weighted by Gasteiger charge is 2.49. The van der Waals surface area contributed by atoms with Crippen LogP contribution in [0.1, 0.15) is 53.9 Å². The number of aliphatic hydroxyl groups excluding tert-OH is 1. The smallest absolute Gasteiger partial charge is 0.311 e. The maximum absolute atomic E-state index is 13.0. The molecule has 1 amide bonds. The molecule has 0 aromatic heterocycles. The number of carbonyl (C=O) groups excluding carboxylic acids is 3. The molecule has 174 valence electrons. The molecule has 0 fully saturated rings. The number of methoxy groups -OCH3 is 1. The SMILES string of the molecule is CCC(C)(CC(C)(CC(C)(C)C(=O)Nc1ccc(O)cc1)C(=O)OCCO)C(=O)OC. The van der Waals surface area contributed by atoms with Crippen LogP contribution in [0.4, 0.5) is 5.69 Å². The largest absolute Gasteiger partial charge is 0.508 e. The van der Waals surface area contributed by atoms with Crippen molar-refractivity contribution in [2.75, 3.05) is 25.6 Å². The Morgan fingerprint density at radius 3 is 2.03 bits per heavy atom. The zero-order valence-corrected chi connectivity index (χ0v) is 19.3. The van der Waals surface area contributed by atoms with Crippen molar-refractivity contribution in [1.82, 2.24) is 0 Å². The summed E-state index contributed by atoms with van der Waals surface area (Å²) in [7, 11) is 1.30. The number of rotatable bonds is 11. The van der Waals surface area contributed by atoms with Gasteiger partial charge in [-0.3, -0.25) is 14.4 Å². The quantitative estimate of drug-likeness (QED) is 0.359. The number of carbonyl (C=O) groups is 3. The Labute approximate surface area is 183 Å². The number of phenols is 1. The number of esters is 2. The summed E-state index contributed by atoms with van der Waals surface area (Å²) < 4.78 is 10.2. The minimum Gasteiger partial charge on any atom is -0.508 e. The minimum absolute atomic E-state index is 0.0816. The molecular formula is C23H35NO7. The van der Waals surface area contributed by atoms with Gasteiger partial charge in [0, 0.05) is 11.1 Å². The predicted molar refractivity (Wildman–Crippen MR) is 116 cm³/mol. The normalized spacial score (nSPS) is 15.3. The molecule has 1 aromatic carbocycles. The molecule has 0 aliphatic heterocycles. The summed E-state index contributed by atoms with van der Waals surface area (Å²) in [6, 6.07) is 6.07. The monoisotopic (exact) mass is 437 g/mol. The maximum atomic E-state index is 13.0. The molecule has 0 bridgehead atoms. The first-order valence-electron chi connectivity index (χ1n) is 10.3. The molecule has 2 atom stereocenters. The average Bonchev–Trinajstić information content (AvgIpc) is 2.72. The summed E-state index contributed by atoms with van der Waals surface area (Å²) in [5.74, 6) is -1.27. The highest BCUT2D eigenvalue weighted by Crippen LogP contribution is 2.45. The van der Waals surface area contributed by atoms with Crippen LogP contribution >= 0.6 is 0 Å². The number of aliphatic hydroxyl groups is 1. The van der Waals surface area contributed by atoms with E-state index < -0.39 is 28.2 Å². The van der Waals surface area contributed by atoms with E-state index in [1.54, 1.807) is 39.8 Å². The minimum atomic E-state index is -1.19. The van der Waals surface area contributed by atoms with Crippen LogP contribution in [0.15, 0.2) is 24.3 Å². The highest BCUT2D eigenvalue weighted by molar-refractivity contribution is 5.95. The van der Waals surface area contributed by atoms with Crippen LogP contribution in [0, 0.1) is 16.2 Å². The maximum Gasteiger partial charge on any atom is 0.311 e. The van der Waals surface area contributed by atoms with Gasteiger partial charge in [-0.1, -0.05) is 20.8 Å². The van der Waals surface area contributed by atoms with Crippen molar-refractivity contribution in [3.05, 3.63) is 24.3 Å². The number of ether oxygens (including phenoxy) is 2. The van der Waals surface area contributed by atoms with E-state index in [4.69, 9.17) is 14.6 Å². The highest BCUT2D eigenvalue weighted by atomic mass is 16.5. The summed E-state index contributed by atoms with van der Waals surface area (Å²) >= 11 is 0. The predicted octanol–water partition coefficient (Wildman–Crippen LogP) is 3.27.